The number of rotatable bonds is 10. The summed E-state index contributed by atoms with van der Waals surface area (Å²) in [5.41, 5.74) is 1.07. The molecular formula is C16H26FNO2. The fraction of sp³-hybridized carbons (Fsp3) is 0.625. The molecule has 4 heteroatoms. The molecule has 1 aromatic carbocycles. The van der Waals surface area contributed by atoms with Gasteiger partial charge in [0.2, 0.25) is 0 Å². The minimum Gasteiger partial charge on any atom is -0.493 e. The van der Waals surface area contributed by atoms with E-state index >= 15 is 0 Å². The summed E-state index contributed by atoms with van der Waals surface area (Å²) >= 11 is 0. The van der Waals surface area contributed by atoms with E-state index in [0.29, 0.717) is 25.7 Å². The van der Waals surface area contributed by atoms with Crippen LogP contribution in [0.4, 0.5) is 4.39 Å². The zero-order chi connectivity index (χ0) is 14.8. The van der Waals surface area contributed by atoms with Gasteiger partial charge < -0.3 is 14.8 Å². The van der Waals surface area contributed by atoms with Gasteiger partial charge in [-0.15, -0.1) is 0 Å². The van der Waals surface area contributed by atoms with Crippen LogP contribution in [0, 0.1) is 0 Å². The Labute approximate surface area is 121 Å². The number of halogens is 1. The summed E-state index contributed by atoms with van der Waals surface area (Å²) in [5.74, 6) is 1.58. The van der Waals surface area contributed by atoms with Crippen LogP contribution in [0.5, 0.6) is 11.5 Å². The molecule has 114 valence electrons. The summed E-state index contributed by atoms with van der Waals surface area (Å²) < 4.78 is 23.5. The third-order valence-corrected chi connectivity index (χ3v) is 2.75. The van der Waals surface area contributed by atoms with Crippen LogP contribution in [-0.2, 0) is 6.54 Å². The van der Waals surface area contributed by atoms with Crippen molar-refractivity contribution in [1.29, 1.82) is 0 Å². The zero-order valence-electron chi connectivity index (χ0n) is 12.7. The van der Waals surface area contributed by atoms with Crippen molar-refractivity contribution in [3.8, 4) is 11.5 Å². The lowest BCUT2D eigenvalue weighted by molar-refractivity contribution is 0.280. The van der Waals surface area contributed by atoms with E-state index in [1.807, 2.05) is 18.2 Å². The second-order valence-corrected chi connectivity index (χ2v) is 5.04. The molecule has 0 atom stereocenters. The van der Waals surface area contributed by atoms with Crippen LogP contribution in [0.15, 0.2) is 18.2 Å². The highest BCUT2D eigenvalue weighted by Crippen LogP contribution is 2.25. The van der Waals surface area contributed by atoms with E-state index < -0.39 is 0 Å². The van der Waals surface area contributed by atoms with Crippen LogP contribution in [0.25, 0.3) is 0 Å². The molecule has 0 unspecified atom stereocenters. The second-order valence-electron chi connectivity index (χ2n) is 5.04. The summed E-state index contributed by atoms with van der Waals surface area (Å²) in [6.45, 7) is 7.72. The van der Waals surface area contributed by atoms with Gasteiger partial charge in [0.1, 0.15) is 11.5 Å². The molecule has 1 N–H and O–H groups in total. The average Bonchev–Trinajstić information content (AvgIpc) is 2.44. The van der Waals surface area contributed by atoms with Crippen molar-refractivity contribution >= 4 is 0 Å². The Kier molecular flexibility index (Phi) is 8.04. The number of benzene rings is 1. The molecule has 20 heavy (non-hydrogen) atoms. The van der Waals surface area contributed by atoms with Crippen LogP contribution in [0.2, 0.25) is 0 Å². The summed E-state index contributed by atoms with van der Waals surface area (Å²) in [6.07, 6.45) is 1.38. The van der Waals surface area contributed by atoms with Gasteiger partial charge in [0.15, 0.2) is 0 Å². The maximum atomic E-state index is 12.2. The maximum absolute atomic E-state index is 12.2. The zero-order valence-corrected chi connectivity index (χ0v) is 12.7. The Bertz CT molecular complexity index is 383. The first-order valence-corrected chi connectivity index (χ1v) is 7.35. The Balaban J connectivity index is 2.73. The molecule has 0 spiro atoms. The molecule has 0 aromatic heterocycles. The van der Waals surface area contributed by atoms with Crippen LogP contribution < -0.4 is 14.8 Å². The van der Waals surface area contributed by atoms with Crippen molar-refractivity contribution < 1.29 is 13.9 Å². The highest BCUT2D eigenvalue weighted by Gasteiger charge is 2.07. The van der Waals surface area contributed by atoms with Crippen molar-refractivity contribution in [2.45, 2.75) is 46.2 Å². The van der Waals surface area contributed by atoms with E-state index in [1.54, 1.807) is 0 Å². The molecule has 0 saturated heterocycles. The monoisotopic (exact) mass is 283 g/mol. The molecule has 0 radical (unpaired) electrons. The number of alkyl halides is 1. The van der Waals surface area contributed by atoms with Gasteiger partial charge in [-0.05, 0) is 12.5 Å². The van der Waals surface area contributed by atoms with Crippen molar-refractivity contribution in [3.05, 3.63) is 23.8 Å². The molecule has 0 fully saturated rings. The lowest BCUT2D eigenvalue weighted by atomic mass is 10.1. The largest absolute Gasteiger partial charge is 0.493 e. The SMILES string of the molecule is CCCOc1ccc(CNC(C)C)c(OCCCF)c1. The first kappa shape index (κ1) is 16.8. The lowest BCUT2D eigenvalue weighted by Crippen LogP contribution is -2.22. The third-order valence-electron chi connectivity index (χ3n) is 2.75. The maximum Gasteiger partial charge on any atom is 0.127 e. The van der Waals surface area contributed by atoms with Crippen molar-refractivity contribution in [3.63, 3.8) is 0 Å². The van der Waals surface area contributed by atoms with Crippen LogP contribution in [0.3, 0.4) is 0 Å². The number of hydrogen-bond acceptors (Lipinski definition) is 3. The van der Waals surface area contributed by atoms with E-state index in [-0.39, 0.29) is 6.67 Å². The minimum atomic E-state index is -0.356. The normalized spacial score (nSPS) is 10.8. The molecule has 0 amide bonds. The molecule has 0 saturated carbocycles. The number of hydrogen-bond donors (Lipinski definition) is 1. The van der Waals surface area contributed by atoms with E-state index in [4.69, 9.17) is 9.47 Å². The fourth-order valence-electron chi connectivity index (χ4n) is 1.68. The second kappa shape index (κ2) is 9.59. The van der Waals surface area contributed by atoms with E-state index in [0.717, 1.165) is 30.0 Å². The van der Waals surface area contributed by atoms with Gasteiger partial charge in [-0.25, -0.2) is 0 Å². The molecule has 1 rings (SSSR count). The van der Waals surface area contributed by atoms with Gasteiger partial charge in [-0.2, -0.15) is 0 Å². The van der Waals surface area contributed by atoms with Gasteiger partial charge in [0.05, 0.1) is 19.9 Å². The molecule has 0 heterocycles. The highest BCUT2D eigenvalue weighted by atomic mass is 19.1. The molecule has 0 bridgehead atoms. The van der Waals surface area contributed by atoms with Crippen molar-refractivity contribution in [1.82, 2.24) is 5.32 Å². The molecule has 3 nitrogen and oxygen atoms in total. The first-order valence-electron chi connectivity index (χ1n) is 7.35. The van der Waals surface area contributed by atoms with Crippen LogP contribution >= 0.6 is 0 Å². The Morgan fingerprint density at radius 1 is 1.20 bits per heavy atom. The predicted molar refractivity (Wildman–Crippen MR) is 80.3 cm³/mol. The average molecular weight is 283 g/mol. The molecule has 0 aliphatic rings. The third kappa shape index (κ3) is 6.24. The quantitative estimate of drug-likeness (QED) is 0.664. The first-order chi connectivity index (χ1) is 9.67. The number of nitrogens with one attached hydrogen (secondary N) is 1. The van der Waals surface area contributed by atoms with Gasteiger partial charge in [0.25, 0.3) is 0 Å². The summed E-state index contributed by atoms with van der Waals surface area (Å²) in [7, 11) is 0. The van der Waals surface area contributed by atoms with Crippen molar-refractivity contribution in [2.24, 2.45) is 0 Å². The Morgan fingerprint density at radius 2 is 2.00 bits per heavy atom. The summed E-state index contributed by atoms with van der Waals surface area (Å²) in [6, 6.07) is 6.26. The van der Waals surface area contributed by atoms with Gasteiger partial charge >= 0.3 is 0 Å². The smallest absolute Gasteiger partial charge is 0.127 e. The molecular weight excluding hydrogens is 257 g/mol. The molecule has 0 aliphatic heterocycles. The molecule has 0 aliphatic carbocycles. The molecule has 1 aromatic rings. The fourth-order valence-corrected chi connectivity index (χ4v) is 1.68. The Hall–Kier alpha value is -1.29. The van der Waals surface area contributed by atoms with E-state index in [9.17, 15) is 4.39 Å². The standard InChI is InChI=1S/C16H26FNO2/c1-4-9-19-15-7-6-14(12-18-13(2)3)16(11-15)20-10-5-8-17/h6-7,11,13,18H,4-5,8-10,12H2,1-3H3. The van der Waals surface area contributed by atoms with E-state index in [2.05, 4.69) is 26.1 Å². The van der Waals surface area contributed by atoms with E-state index in [1.165, 1.54) is 0 Å². The summed E-state index contributed by atoms with van der Waals surface area (Å²) in [5, 5.41) is 3.36. The van der Waals surface area contributed by atoms with Gasteiger partial charge in [-0.1, -0.05) is 26.8 Å². The minimum absolute atomic E-state index is 0.356. The Morgan fingerprint density at radius 3 is 2.65 bits per heavy atom. The van der Waals surface area contributed by atoms with Crippen LogP contribution in [0.1, 0.15) is 39.2 Å². The summed E-state index contributed by atoms with van der Waals surface area (Å²) in [4.78, 5) is 0. The van der Waals surface area contributed by atoms with Crippen LogP contribution in [-0.4, -0.2) is 25.9 Å². The highest BCUT2D eigenvalue weighted by molar-refractivity contribution is 5.40. The van der Waals surface area contributed by atoms with Gasteiger partial charge in [0, 0.05) is 30.6 Å². The lowest BCUT2D eigenvalue weighted by Gasteiger charge is -2.15. The predicted octanol–water partition coefficient (Wildman–Crippen LogP) is 3.71. The topological polar surface area (TPSA) is 30.5 Å². The van der Waals surface area contributed by atoms with Gasteiger partial charge in [-0.3, -0.25) is 4.39 Å². The van der Waals surface area contributed by atoms with Crippen molar-refractivity contribution in [2.75, 3.05) is 19.9 Å². The number of ether oxygens (including phenoxy) is 2.